The van der Waals surface area contributed by atoms with Gasteiger partial charge >= 0.3 is 0 Å². The summed E-state index contributed by atoms with van der Waals surface area (Å²) in [7, 11) is 0. The van der Waals surface area contributed by atoms with Gasteiger partial charge in [-0.2, -0.15) is 0 Å². The van der Waals surface area contributed by atoms with Crippen molar-refractivity contribution in [3.05, 3.63) is 35.6 Å². The lowest BCUT2D eigenvalue weighted by Gasteiger charge is -2.09. The number of hydrogen-bond acceptors (Lipinski definition) is 1. The van der Waals surface area contributed by atoms with Crippen molar-refractivity contribution in [3.63, 3.8) is 0 Å². The zero-order chi connectivity index (χ0) is 10.8. The molecule has 80 valence electrons. The van der Waals surface area contributed by atoms with Gasteiger partial charge in [0.25, 0.3) is 0 Å². The summed E-state index contributed by atoms with van der Waals surface area (Å²) in [4.78, 5) is 11.3. The Labute approximate surface area is 88.5 Å². The number of nitrogens with one attached hydrogen (secondary N) is 1. The minimum Gasteiger partial charge on any atom is -0.353 e. The van der Waals surface area contributed by atoms with Gasteiger partial charge in [0.1, 0.15) is 5.82 Å². The summed E-state index contributed by atoms with van der Waals surface area (Å²) in [6.45, 7) is 1.93. The van der Waals surface area contributed by atoms with Crippen molar-refractivity contribution in [1.29, 1.82) is 0 Å². The molecule has 0 aromatic heterocycles. The lowest BCUT2D eigenvalue weighted by Crippen LogP contribution is -2.27. The number of carbonyl (C=O) groups is 1. The fraction of sp³-hybridized carbons (Fsp3) is 0.417. The van der Waals surface area contributed by atoms with E-state index in [-0.39, 0.29) is 23.7 Å². The molecule has 0 radical (unpaired) electrons. The van der Waals surface area contributed by atoms with E-state index in [1.54, 1.807) is 12.1 Å². The van der Waals surface area contributed by atoms with Crippen LogP contribution in [0.3, 0.4) is 0 Å². The van der Waals surface area contributed by atoms with Crippen molar-refractivity contribution in [1.82, 2.24) is 5.32 Å². The Balaban J connectivity index is 1.98. The molecule has 1 heterocycles. The first kappa shape index (κ1) is 10.1. The van der Waals surface area contributed by atoms with Crippen molar-refractivity contribution in [3.8, 4) is 0 Å². The van der Waals surface area contributed by atoms with Crippen molar-refractivity contribution in [2.24, 2.45) is 5.92 Å². The van der Waals surface area contributed by atoms with Crippen LogP contribution in [0.1, 0.15) is 18.9 Å². The summed E-state index contributed by atoms with van der Waals surface area (Å²) in [5, 5.41) is 2.93. The summed E-state index contributed by atoms with van der Waals surface area (Å²) < 4.78 is 12.7. The highest BCUT2D eigenvalue weighted by Gasteiger charge is 2.27. The molecular formula is C12H14FNO. The second-order valence-electron chi connectivity index (χ2n) is 4.17. The standard InChI is InChI=1S/C12H14FNO/c1-8-6-11(14-12(8)15)7-9-2-4-10(13)5-3-9/h2-5,8,11H,6-7H2,1H3,(H,14,15)/t8-,11-/m1/s1. The Morgan fingerprint density at radius 1 is 1.40 bits per heavy atom. The van der Waals surface area contributed by atoms with E-state index in [0.717, 1.165) is 18.4 Å². The minimum absolute atomic E-state index is 0.107. The first-order valence-corrected chi connectivity index (χ1v) is 5.20. The molecule has 1 aromatic carbocycles. The summed E-state index contributed by atoms with van der Waals surface area (Å²) in [6.07, 6.45) is 1.66. The topological polar surface area (TPSA) is 29.1 Å². The van der Waals surface area contributed by atoms with E-state index in [0.29, 0.717) is 0 Å². The monoisotopic (exact) mass is 207 g/mol. The number of hydrogen-bond donors (Lipinski definition) is 1. The van der Waals surface area contributed by atoms with Gasteiger partial charge in [0.05, 0.1) is 0 Å². The van der Waals surface area contributed by atoms with Crippen molar-refractivity contribution in [2.45, 2.75) is 25.8 Å². The molecule has 1 aromatic rings. The molecule has 1 saturated heterocycles. The highest BCUT2D eigenvalue weighted by Crippen LogP contribution is 2.18. The summed E-state index contributed by atoms with van der Waals surface area (Å²) >= 11 is 0. The van der Waals surface area contributed by atoms with E-state index in [2.05, 4.69) is 5.32 Å². The van der Waals surface area contributed by atoms with E-state index in [4.69, 9.17) is 0 Å². The van der Waals surface area contributed by atoms with Gasteiger partial charge in [0, 0.05) is 12.0 Å². The molecule has 1 amide bonds. The van der Waals surface area contributed by atoms with E-state index in [9.17, 15) is 9.18 Å². The average molecular weight is 207 g/mol. The Morgan fingerprint density at radius 3 is 2.60 bits per heavy atom. The average Bonchev–Trinajstić information content (AvgIpc) is 2.50. The maximum atomic E-state index is 12.7. The van der Waals surface area contributed by atoms with Crippen LogP contribution in [0.25, 0.3) is 0 Å². The minimum atomic E-state index is -0.220. The van der Waals surface area contributed by atoms with E-state index >= 15 is 0 Å². The Morgan fingerprint density at radius 2 is 2.07 bits per heavy atom. The van der Waals surface area contributed by atoms with Crippen LogP contribution < -0.4 is 5.32 Å². The Bertz CT molecular complexity index is 360. The van der Waals surface area contributed by atoms with Crippen LogP contribution >= 0.6 is 0 Å². The molecule has 0 saturated carbocycles. The first-order valence-electron chi connectivity index (χ1n) is 5.20. The summed E-state index contributed by atoms with van der Waals surface area (Å²) in [5.41, 5.74) is 1.07. The maximum Gasteiger partial charge on any atom is 0.223 e. The van der Waals surface area contributed by atoms with Crippen LogP contribution in [0.4, 0.5) is 4.39 Å². The normalized spacial score (nSPS) is 25.3. The molecule has 3 heteroatoms. The quantitative estimate of drug-likeness (QED) is 0.788. The van der Waals surface area contributed by atoms with Gasteiger partial charge in [-0.25, -0.2) is 4.39 Å². The van der Waals surface area contributed by atoms with E-state index in [1.165, 1.54) is 12.1 Å². The fourth-order valence-corrected chi connectivity index (χ4v) is 1.98. The number of rotatable bonds is 2. The lowest BCUT2D eigenvalue weighted by atomic mass is 10.0. The summed E-state index contributed by atoms with van der Waals surface area (Å²) in [6, 6.07) is 6.65. The summed E-state index contributed by atoms with van der Waals surface area (Å²) in [5.74, 6) is 0.0140. The molecule has 0 spiro atoms. The van der Waals surface area contributed by atoms with Crippen LogP contribution in [0.5, 0.6) is 0 Å². The molecule has 1 fully saturated rings. The molecule has 15 heavy (non-hydrogen) atoms. The molecule has 1 N–H and O–H groups in total. The van der Waals surface area contributed by atoms with Crippen LogP contribution in [0, 0.1) is 11.7 Å². The van der Waals surface area contributed by atoms with Crippen LogP contribution in [-0.2, 0) is 11.2 Å². The van der Waals surface area contributed by atoms with Crippen molar-refractivity contribution >= 4 is 5.91 Å². The molecular weight excluding hydrogens is 193 g/mol. The fourth-order valence-electron chi connectivity index (χ4n) is 1.98. The van der Waals surface area contributed by atoms with Crippen molar-refractivity contribution in [2.75, 3.05) is 0 Å². The Hall–Kier alpha value is -1.38. The molecule has 1 aliphatic heterocycles. The van der Waals surface area contributed by atoms with Gasteiger partial charge in [-0.3, -0.25) is 4.79 Å². The highest BCUT2D eigenvalue weighted by atomic mass is 19.1. The largest absolute Gasteiger partial charge is 0.353 e. The second kappa shape index (κ2) is 4.01. The van der Waals surface area contributed by atoms with Crippen molar-refractivity contribution < 1.29 is 9.18 Å². The number of benzene rings is 1. The zero-order valence-corrected chi connectivity index (χ0v) is 8.66. The number of halogens is 1. The Kier molecular flexibility index (Phi) is 2.71. The second-order valence-corrected chi connectivity index (χ2v) is 4.17. The van der Waals surface area contributed by atoms with Gasteiger partial charge in [-0.1, -0.05) is 19.1 Å². The molecule has 2 nitrogen and oxygen atoms in total. The maximum absolute atomic E-state index is 12.7. The third-order valence-electron chi connectivity index (χ3n) is 2.83. The lowest BCUT2D eigenvalue weighted by molar-refractivity contribution is -0.122. The zero-order valence-electron chi connectivity index (χ0n) is 8.66. The van der Waals surface area contributed by atoms with E-state index < -0.39 is 0 Å². The molecule has 0 aliphatic carbocycles. The van der Waals surface area contributed by atoms with Crippen LogP contribution in [0.2, 0.25) is 0 Å². The SMILES string of the molecule is C[C@@H]1C[C@H](Cc2ccc(F)cc2)NC1=O. The van der Waals surface area contributed by atoms with Gasteiger partial charge in [-0.05, 0) is 30.5 Å². The smallest absolute Gasteiger partial charge is 0.223 e. The third-order valence-corrected chi connectivity index (χ3v) is 2.83. The number of carbonyl (C=O) groups excluding carboxylic acids is 1. The van der Waals surface area contributed by atoms with Gasteiger partial charge in [0.2, 0.25) is 5.91 Å². The van der Waals surface area contributed by atoms with Gasteiger partial charge < -0.3 is 5.32 Å². The third kappa shape index (κ3) is 2.35. The molecule has 2 rings (SSSR count). The first-order chi connectivity index (χ1) is 7.15. The molecule has 2 atom stereocenters. The van der Waals surface area contributed by atoms with Crippen LogP contribution in [0.15, 0.2) is 24.3 Å². The molecule has 0 bridgehead atoms. The van der Waals surface area contributed by atoms with E-state index in [1.807, 2.05) is 6.92 Å². The predicted octanol–water partition coefficient (Wildman–Crippen LogP) is 1.89. The van der Waals surface area contributed by atoms with Crippen LogP contribution in [-0.4, -0.2) is 11.9 Å². The highest BCUT2D eigenvalue weighted by molar-refractivity contribution is 5.80. The number of amides is 1. The molecule has 0 unspecified atom stereocenters. The predicted molar refractivity (Wildman–Crippen MR) is 55.8 cm³/mol. The van der Waals surface area contributed by atoms with Gasteiger partial charge in [0.15, 0.2) is 0 Å². The molecule has 1 aliphatic rings. The van der Waals surface area contributed by atoms with Gasteiger partial charge in [-0.15, -0.1) is 0 Å².